The van der Waals surface area contributed by atoms with Gasteiger partial charge in [0.2, 0.25) is 0 Å². The number of hydrogen-bond acceptors (Lipinski definition) is 7. The number of nitrogens with one attached hydrogen (secondary N) is 2. The topological polar surface area (TPSA) is 129 Å². The minimum Gasteiger partial charge on any atom is -0.460 e. The lowest BCUT2D eigenvalue weighted by molar-refractivity contribution is -0.156. The van der Waals surface area contributed by atoms with E-state index in [4.69, 9.17) is 19.9 Å². The van der Waals surface area contributed by atoms with Gasteiger partial charge in [0, 0.05) is 24.5 Å². The lowest BCUT2D eigenvalue weighted by Crippen LogP contribution is -2.44. The van der Waals surface area contributed by atoms with Gasteiger partial charge in [0.25, 0.3) is 0 Å². The van der Waals surface area contributed by atoms with Gasteiger partial charge in [-0.05, 0) is 98.0 Å². The summed E-state index contributed by atoms with van der Waals surface area (Å²) in [7, 11) is 0. The van der Waals surface area contributed by atoms with Crippen molar-refractivity contribution in [2.45, 2.75) is 135 Å². The van der Waals surface area contributed by atoms with Crippen LogP contribution in [0.15, 0.2) is 30.3 Å². The molecule has 0 aliphatic heterocycles. The van der Waals surface area contributed by atoms with Crippen LogP contribution in [0.5, 0.6) is 0 Å². The van der Waals surface area contributed by atoms with Crippen molar-refractivity contribution in [2.75, 3.05) is 0 Å². The largest absolute Gasteiger partial charge is 0.460 e. The van der Waals surface area contributed by atoms with E-state index >= 15 is 0 Å². The Labute approximate surface area is 240 Å². The van der Waals surface area contributed by atoms with E-state index in [0.29, 0.717) is 6.42 Å². The van der Waals surface area contributed by atoms with Crippen LogP contribution >= 0.6 is 0 Å². The summed E-state index contributed by atoms with van der Waals surface area (Å²) in [6, 6.07) is 10.1. The highest BCUT2D eigenvalue weighted by Gasteiger charge is 2.27. The molecule has 1 aromatic carbocycles. The smallest absolute Gasteiger partial charge is 0.407 e. The van der Waals surface area contributed by atoms with Gasteiger partial charge < -0.3 is 30.6 Å². The number of rotatable bonds is 6. The van der Waals surface area contributed by atoms with Gasteiger partial charge in [-0.2, -0.15) is 0 Å². The van der Waals surface area contributed by atoms with Crippen molar-refractivity contribution in [2.24, 2.45) is 11.7 Å². The molecule has 226 valence electrons. The maximum Gasteiger partial charge on any atom is 0.407 e. The van der Waals surface area contributed by atoms with Gasteiger partial charge >= 0.3 is 18.2 Å². The van der Waals surface area contributed by atoms with E-state index in [1.54, 1.807) is 0 Å². The maximum absolute atomic E-state index is 12.0. The Morgan fingerprint density at radius 2 is 1.38 bits per heavy atom. The summed E-state index contributed by atoms with van der Waals surface area (Å²) >= 11 is 0. The second-order valence-corrected chi connectivity index (χ2v) is 13.0. The third kappa shape index (κ3) is 15.1. The first-order chi connectivity index (χ1) is 18.7. The van der Waals surface area contributed by atoms with Gasteiger partial charge in [-0.25, -0.2) is 9.59 Å². The molecule has 4 N–H and O–H groups in total. The fourth-order valence-corrected chi connectivity index (χ4v) is 4.99. The summed E-state index contributed by atoms with van der Waals surface area (Å²) in [5.74, 6) is 0.0906. The van der Waals surface area contributed by atoms with E-state index in [9.17, 15) is 14.4 Å². The molecular weight excluding hydrogens is 510 g/mol. The molecule has 0 unspecified atom stereocenters. The minimum atomic E-state index is -0.454. The monoisotopic (exact) mass is 561 g/mol. The predicted octanol–water partition coefficient (Wildman–Crippen LogP) is 5.98. The standard InChI is InChI=1S/C20H29NO4.C11H22N2O2/c1-20(2,3)25-18(22)13-16-10-7-11-17(12-16)21-19(23)24-14-15-8-5-4-6-9-15;1-11(2,3)15-10(14)13-9-6-4-5-8(12)7-9/h4-6,8-9,16-17H,7,10-14H2,1-3H3,(H,21,23);8-9H,4-7,12H2,1-3H3,(H,13,14)/t16-,17+;8-,9+/m01/s1. The Morgan fingerprint density at radius 1 is 0.800 bits per heavy atom. The lowest BCUT2D eigenvalue weighted by Gasteiger charge is -2.30. The third-order valence-corrected chi connectivity index (χ3v) is 6.63. The van der Waals surface area contributed by atoms with E-state index < -0.39 is 17.3 Å². The quantitative estimate of drug-likeness (QED) is 0.288. The summed E-state index contributed by atoms with van der Waals surface area (Å²) in [5, 5.41) is 5.79. The molecule has 2 amide bonds. The van der Waals surface area contributed by atoms with Gasteiger partial charge in [0.05, 0.1) is 0 Å². The second-order valence-electron chi connectivity index (χ2n) is 13.0. The maximum atomic E-state index is 12.0. The van der Waals surface area contributed by atoms with Crippen LogP contribution in [0.1, 0.15) is 105 Å². The number of carbonyl (C=O) groups is 3. The average Bonchev–Trinajstić information content (AvgIpc) is 2.81. The van der Waals surface area contributed by atoms with Crippen molar-refractivity contribution < 1.29 is 28.6 Å². The van der Waals surface area contributed by atoms with Gasteiger partial charge in [-0.15, -0.1) is 0 Å². The number of benzene rings is 1. The van der Waals surface area contributed by atoms with Crippen LogP contribution in [0.3, 0.4) is 0 Å². The Balaban J connectivity index is 0.000000319. The number of nitrogens with two attached hydrogens (primary N) is 1. The number of amides is 2. The van der Waals surface area contributed by atoms with E-state index in [2.05, 4.69) is 10.6 Å². The number of ether oxygens (including phenoxy) is 3. The summed E-state index contributed by atoms with van der Waals surface area (Å²) in [6.45, 7) is 11.5. The van der Waals surface area contributed by atoms with Crippen molar-refractivity contribution in [3.63, 3.8) is 0 Å². The highest BCUT2D eigenvalue weighted by molar-refractivity contribution is 5.70. The molecular formula is C31H51N3O6. The zero-order chi connectivity index (χ0) is 29.8. The van der Waals surface area contributed by atoms with Gasteiger partial charge in [-0.1, -0.05) is 36.8 Å². The molecule has 3 rings (SSSR count). The predicted molar refractivity (Wildman–Crippen MR) is 156 cm³/mol. The summed E-state index contributed by atoms with van der Waals surface area (Å²) in [4.78, 5) is 35.4. The first kappa shape index (κ1) is 33.4. The van der Waals surface area contributed by atoms with Crippen LogP contribution in [0, 0.1) is 5.92 Å². The molecule has 0 aromatic heterocycles. The van der Waals surface area contributed by atoms with Crippen LogP contribution in [0.4, 0.5) is 9.59 Å². The fourth-order valence-electron chi connectivity index (χ4n) is 4.99. The first-order valence-corrected chi connectivity index (χ1v) is 14.6. The number of carbonyl (C=O) groups excluding carboxylic acids is 3. The molecule has 0 saturated heterocycles. The molecule has 1 aromatic rings. The van der Waals surface area contributed by atoms with Crippen molar-refractivity contribution in [3.8, 4) is 0 Å². The Bertz CT molecular complexity index is 925. The number of alkyl carbamates (subject to hydrolysis) is 2. The van der Waals surface area contributed by atoms with Gasteiger partial charge in [0.1, 0.15) is 17.8 Å². The van der Waals surface area contributed by atoms with E-state index in [1.807, 2.05) is 71.9 Å². The fraction of sp³-hybridized carbons (Fsp3) is 0.710. The molecule has 4 atom stereocenters. The zero-order valence-corrected chi connectivity index (χ0v) is 25.3. The molecule has 9 nitrogen and oxygen atoms in total. The molecule has 0 bridgehead atoms. The number of esters is 1. The van der Waals surface area contributed by atoms with E-state index in [1.165, 1.54) is 0 Å². The van der Waals surface area contributed by atoms with Crippen molar-refractivity contribution in [1.29, 1.82) is 0 Å². The first-order valence-electron chi connectivity index (χ1n) is 14.6. The van der Waals surface area contributed by atoms with Crippen LogP contribution in [0.2, 0.25) is 0 Å². The van der Waals surface area contributed by atoms with Crippen molar-refractivity contribution in [1.82, 2.24) is 10.6 Å². The molecule has 0 spiro atoms. The van der Waals surface area contributed by atoms with Crippen LogP contribution in [-0.2, 0) is 25.6 Å². The Hall–Kier alpha value is -2.81. The van der Waals surface area contributed by atoms with Crippen molar-refractivity contribution >= 4 is 18.2 Å². The molecule has 2 fully saturated rings. The van der Waals surface area contributed by atoms with Crippen molar-refractivity contribution in [3.05, 3.63) is 35.9 Å². The van der Waals surface area contributed by atoms with Crippen LogP contribution in [-0.4, -0.2) is 47.5 Å². The average molecular weight is 562 g/mol. The molecule has 2 saturated carbocycles. The van der Waals surface area contributed by atoms with Gasteiger partial charge in [-0.3, -0.25) is 4.79 Å². The minimum absolute atomic E-state index is 0.0597. The SMILES string of the molecule is CC(C)(C)OC(=O)C[C@H]1CCC[C@@H](NC(=O)OCc2ccccc2)C1.CC(C)(C)OC(=O)N[C@H]1CCC[C@@H](N)C1. The second kappa shape index (κ2) is 15.8. The van der Waals surface area contributed by atoms with Crippen LogP contribution in [0.25, 0.3) is 0 Å². The molecule has 0 heterocycles. The van der Waals surface area contributed by atoms with Crippen LogP contribution < -0.4 is 16.4 Å². The van der Waals surface area contributed by atoms with E-state index in [-0.39, 0.29) is 42.7 Å². The molecule has 40 heavy (non-hydrogen) atoms. The highest BCUT2D eigenvalue weighted by Crippen LogP contribution is 2.28. The summed E-state index contributed by atoms with van der Waals surface area (Å²) in [6.07, 6.45) is 7.40. The molecule has 2 aliphatic carbocycles. The Kier molecular flexibility index (Phi) is 13.2. The number of hydrogen-bond donors (Lipinski definition) is 3. The Morgan fingerprint density at radius 3 is 1.98 bits per heavy atom. The zero-order valence-electron chi connectivity index (χ0n) is 25.3. The highest BCUT2D eigenvalue weighted by atomic mass is 16.6. The molecule has 9 heteroatoms. The lowest BCUT2D eigenvalue weighted by atomic mass is 9.84. The summed E-state index contributed by atoms with van der Waals surface area (Å²) in [5.41, 5.74) is 5.91. The van der Waals surface area contributed by atoms with Gasteiger partial charge in [0.15, 0.2) is 0 Å². The molecule has 2 aliphatic rings. The normalized spacial score (nSPS) is 23.1. The molecule has 0 radical (unpaired) electrons. The summed E-state index contributed by atoms with van der Waals surface area (Å²) < 4.78 is 15.8. The third-order valence-electron chi connectivity index (χ3n) is 6.63. The van der Waals surface area contributed by atoms with E-state index in [0.717, 1.165) is 56.9 Å².